The molecule has 2 aromatic carbocycles. The average molecular weight is 468 g/mol. The number of ether oxygens (including phenoxy) is 1. The Hall–Kier alpha value is -3.01. The summed E-state index contributed by atoms with van der Waals surface area (Å²) < 4.78 is 35.1. The fourth-order valence-corrected chi connectivity index (χ4v) is 6.82. The average Bonchev–Trinajstić information content (AvgIpc) is 3.53. The van der Waals surface area contributed by atoms with Gasteiger partial charge in [-0.2, -0.15) is 4.31 Å². The van der Waals surface area contributed by atoms with Gasteiger partial charge in [0.05, 0.1) is 16.9 Å². The third-order valence-corrected chi connectivity index (χ3v) is 8.73. The summed E-state index contributed by atoms with van der Waals surface area (Å²) in [5.74, 6) is -0.454. The molecule has 1 aromatic heterocycles. The highest BCUT2D eigenvalue weighted by molar-refractivity contribution is 7.89. The van der Waals surface area contributed by atoms with E-state index in [0.717, 1.165) is 18.4 Å². The molecule has 0 radical (unpaired) electrons. The lowest BCUT2D eigenvalue weighted by atomic mass is 10.1. The molecule has 0 unspecified atom stereocenters. The predicted molar refractivity (Wildman–Crippen MR) is 123 cm³/mol. The normalized spacial score (nSPS) is 19.7. The van der Waals surface area contributed by atoms with Gasteiger partial charge < -0.3 is 10.5 Å². The van der Waals surface area contributed by atoms with Crippen LogP contribution in [0.5, 0.6) is 0 Å². The standard InChI is InChI=1S/C24H25N3O5S/c25-21-10-14-27(24(21)11-12-24)33(30,31)20-8-4-7-19-18(20)9-13-26(23(19)29)16-32-22(28)15-17-5-2-1-3-6-17/h1-9,13,21H,10-12,14-16,25H2/t21-/m1/s1. The van der Waals surface area contributed by atoms with Crippen molar-refractivity contribution in [1.29, 1.82) is 0 Å². The van der Waals surface area contributed by atoms with E-state index in [2.05, 4.69) is 0 Å². The van der Waals surface area contributed by atoms with Crippen LogP contribution in [-0.2, 0) is 32.7 Å². The second-order valence-corrected chi connectivity index (χ2v) is 10.5. The summed E-state index contributed by atoms with van der Waals surface area (Å²) in [5.41, 5.74) is 6.12. The second-order valence-electron chi connectivity index (χ2n) is 8.69. The Kier molecular flexibility index (Phi) is 5.35. The van der Waals surface area contributed by atoms with Crippen LogP contribution < -0.4 is 11.3 Å². The van der Waals surface area contributed by atoms with Crippen molar-refractivity contribution in [3.8, 4) is 0 Å². The van der Waals surface area contributed by atoms with Crippen molar-refractivity contribution in [1.82, 2.24) is 8.87 Å². The molecule has 172 valence electrons. The first-order chi connectivity index (χ1) is 15.8. The zero-order valence-corrected chi connectivity index (χ0v) is 18.8. The highest BCUT2D eigenvalue weighted by atomic mass is 32.2. The first kappa shape index (κ1) is 21.8. The van der Waals surface area contributed by atoms with E-state index in [9.17, 15) is 18.0 Å². The lowest BCUT2D eigenvalue weighted by molar-refractivity contribution is -0.146. The quantitative estimate of drug-likeness (QED) is 0.555. The van der Waals surface area contributed by atoms with E-state index >= 15 is 0 Å². The Morgan fingerprint density at radius 3 is 2.55 bits per heavy atom. The van der Waals surface area contributed by atoms with Crippen LogP contribution in [0.4, 0.5) is 0 Å². The number of rotatable bonds is 6. The maximum Gasteiger partial charge on any atom is 0.311 e. The minimum atomic E-state index is -3.81. The van der Waals surface area contributed by atoms with E-state index in [4.69, 9.17) is 10.5 Å². The number of aromatic nitrogens is 1. The van der Waals surface area contributed by atoms with Gasteiger partial charge in [0.25, 0.3) is 5.56 Å². The van der Waals surface area contributed by atoms with Crippen LogP contribution in [0.3, 0.4) is 0 Å². The Balaban J connectivity index is 1.41. The molecule has 1 saturated carbocycles. The van der Waals surface area contributed by atoms with Gasteiger partial charge in [0.1, 0.15) is 0 Å². The van der Waals surface area contributed by atoms with Gasteiger partial charge in [-0.15, -0.1) is 0 Å². The number of hydrogen-bond acceptors (Lipinski definition) is 6. The maximum atomic E-state index is 13.5. The van der Waals surface area contributed by atoms with Gasteiger partial charge in [-0.1, -0.05) is 36.4 Å². The molecule has 1 aliphatic carbocycles. The van der Waals surface area contributed by atoms with E-state index in [1.54, 1.807) is 18.2 Å². The number of sulfonamides is 1. The summed E-state index contributed by atoms with van der Waals surface area (Å²) >= 11 is 0. The Labute approximate surface area is 191 Å². The van der Waals surface area contributed by atoms with Gasteiger partial charge in [0.15, 0.2) is 6.73 Å². The molecular weight excluding hydrogens is 442 g/mol. The van der Waals surface area contributed by atoms with Gasteiger partial charge >= 0.3 is 5.97 Å². The zero-order valence-electron chi connectivity index (χ0n) is 18.0. The highest BCUT2D eigenvalue weighted by Crippen LogP contribution is 2.51. The van der Waals surface area contributed by atoms with Crippen LogP contribution >= 0.6 is 0 Å². The van der Waals surface area contributed by atoms with Crippen LogP contribution in [0.25, 0.3) is 10.8 Å². The molecule has 33 heavy (non-hydrogen) atoms. The lowest BCUT2D eigenvalue weighted by Crippen LogP contribution is -2.44. The smallest absolute Gasteiger partial charge is 0.311 e. The second kappa shape index (κ2) is 8.09. The summed E-state index contributed by atoms with van der Waals surface area (Å²) in [6.45, 7) is 0.135. The summed E-state index contributed by atoms with van der Waals surface area (Å²) in [6, 6.07) is 15.3. The molecule has 1 saturated heterocycles. The Morgan fingerprint density at radius 2 is 1.82 bits per heavy atom. The van der Waals surface area contributed by atoms with Crippen molar-refractivity contribution >= 4 is 26.8 Å². The summed E-state index contributed by atoms with van der Waals surface area (Å²) in [7, 11) is -3.81. The predicted octanol–water partition coefficient (Wildman–Crippen LogP) is 2.00. The number of hydrogen-bond donors (Lipinski definition) is 1. The number of benzene rings is 2. The monoisotopic (exact) mass is 467 g/mol. The van der Waals surface area contributed by atoms with E-state index in [0.29, 0.717) is 18.4 Å². The van der Waals surface area contributed by atoms with Gasteiger partial charge in [-0.05, 0) is 43.0 Å². The number of pyridine rings is 1. The molecule has 2 heterocycles. The van der Waals surface area contributed by atoms with Gasteiger partial charge in [-0.25, -0.2) is 8.42 Å². The first-order valence-electron chi connectivity index (χ1n) is 10.9. The van der Waals surface area contributed by atoms with Crippen molar-refractivity contribution in [3.05, 3.63) is 76.7 Å². The molecule has 0 amide bonds. The van der Waals surface area contributed by atoms with E-state index in [1.165, 1.54) is 21.1 Å². The van der Waals surface area contributed by atoms with Crippen molar-refractivity contribution in [2.75, 3.05) is 6.54 Å². The van der Waals surface area contributed by atoms with E-state index in [-0.39, 0.29) is 29.5 Å². The third-order valence-electron chi connectivity index (χ3n) is 6.69. The molecule has 2 aliphatic rings. The molecule has 1 spiro atoms. The first-order valence-corrected chi connectivity index (χ1v) is 12.4. The van der Waals surface area contributed by atoms with Crippen molar-refractivity contribution in [3.63, 3.8) is 0 Å². The molecule has 2 fully saturated rings. The number of carbonyl (C=O) groups is 1. The molecular formula is C24H25N3O5S. The molecule has 8 nitrogen and oxygen atoms in total. The maximum absolute atomic E-state index is 13.5. The summed E-state index contributed by atoms with van der Waals surface area (Å²) in [5, 5.41) is 0.608. The largest absolute Gasteiger partial charge is 0.444 e. The van der Waals surface area contributed by atoms with Crippen LogP contribution in [0.1, 0.15) is 24.8 Å². The number of esters is 1. The summed E-state index contributed by atoms with van der Waals surface area (Å²) in [6.07, 6.45) is 3.72. The van der Waals surface area contributed by atoms with Gasteiger partial charge in [0, 0.05) is 29.6 Å². The highest BCUT2D eigenvalue weighted by Gasteiger charge is 2.60. The van der Waals surface area contributed by atoms with Crippen LogP contribution in [0, 0.1) is 0 Å². The number of nitrogens with two attached hydrogens (primary N) is 1. The number of nitrogens with zero attached hydrogens (tertiary/aromatic N) is 2. The van der Waals surface area contributed by atoms with Crippen LogP contribution in [0.15, 0.2) is 70.5 Å². The molecule has 5 rings (SSSR count). The molecule has 9 heteroatoms. The molecule has 1 atom stereocenters. The topological polar surface area (TPSA) is 112 Å². The summed E-state index contributed by atoms with van der Waals surface area (Å²) in [4.78, 5) is 25.3. The van der Waals surface area contributed by atoms with Gasteiger partial charge in [-0.3, -0.25) is 14.2 Å². The molecule has 0 bridgehead atoms. The van der Waals surface area contributed by atoms with Crippen molar-refractivity contribution < 1.29 is 17.9 Å². The van der Waals surface area contributed by atoms with Crippen molar-refractivity contribution in [2.24, 2.45) is 5.73 Å². The third kappa shape index (κ3) is 3.76. The van der Waals surface area contributed by atoms with Gasteiger partial charge in [0.2, 0.25) is 10.0 Å². The fraction of sp³-hybridized carbons (Fsp3) is 0.333. The lowest BCUT2D eigenvalue weighted by Gasteiger charge is -2.26. The number of carbonyl (C=O) groups excluding carboxylic acids is 1. The van der Waals surface area contributed by atoms with E-state index in [1.807, 2.05) is 30.3 Å². The van der Waals surface area contributed by atoms with E-state index < -0.39 is 27.1 Å². The Bertz CT molecular complexity index is 1380. The van der Waals surface area contributed by atoms with Crippen LogP contribution in [0.2, 0.25) is 0 Å². The molecule has 3 aromatic rings. The molecule has 2 N–H and O–H groups in total. The number of fused-ring (bicyclic) bond motifs is 1. The fourth-order valence-electron chi connectivity index (χ4n) is 4.73. The molecule has 1 aliphatic heterocycles. The zero-order chi connectivity index (χ0) is 23.2. The SMILES string of the molecule is N[C@@H]1CCN(S(=O)(=O)c2cccc3c(=O)n(COC(=O)Cc4ccccc4)ccc23)C12CC2. The Morgan fingerprint density at radius 1 is 1.06 bits per heavy atom. The minimum Gasteiger partial charge on any atom is -0.444 e. The van der Waals surface area contributed by atoms with Crippen LogP contribution in [-0.4, -0.2) is 41.4 Å². The van der Waals surface area contributed by atoms with Crippen molar-refractivity contribution in [2.45, 2.75) is 48.9 Å². The minimum absolute atomic E-state index is 0.102.